The fourth-order valence-corrected chi connectivity index (χ4v) is 3.82. The van der Waals surface area contributed by atoms with E-state index in [9.17, 15) is 4.79 Å². The van der Waals surface area contributed by atoms with Crippen LogP contribution >= 0.6 is 11.3 Å². The molecule has 0 saturated carbocycles. The first-order valence-electron chi connectivity index (χ1n) is 8.91. The number of nitrogens with one attached hydrogen (secondary N) is 1. The van der Waals surface area contributed by atoms with E-state index in [1.54, 1.807) is 7.11 Å². The van der Waals surface area contributed by atoms with E-state index in [-0.39, 0.29) is 5.91 Å². The molecule has 1 N–H and O–H groups in total. The van der Waals surface area contributed by atoms with Crippen molar-refractivity contribution in [3.63, 3.8) is 0 Å². The van der Waals surface area contributed by atoms with Gasteiger partial charge in [-0.15, -0.1) is 11.3 Å². The molecule has 0 aliphatic heterocycles. The molecule has 28 heavy (non-hydrogen) atoms. The molecule has 0 spiro atoms. The first-order valence-corrected chi connectivity index (χ1v) is 9.79. The first-order chi connectivity index (χ1) is 13.5. The van der Waals surface area contributed by atoms with Crippen molar-refractivity contribution in [2.45, 2.75) is 20.3 Å². The van der Waals surface area contributed by atoms with Gasteiger partial charge in [0.05, 0.1) is 13.5 Å². The van der Waals surface area contributed by atoms with Gasteiger partial charge in [-0.25, -0.2) is 4.98 Å². The highest BCUT2D eigenvalue weighted by Gasteiger charge is 2.13. The normalized spacial score (nSPS) is 11.0. The first kappa shape index (κ1) is 18.3. The summed E-state index contributed by atoms with van der Waals surface area (Å²) in [6, 6.07) is 13.7. The van der Waals surface area contributed by atoms with Gasteiger partial charge in [-0.05, 0) is 49.2 Å². The zero-order valence-corrected chi connectivity index (χ0v) is 16.7. The van der Waals surface area contributed by atoms with Crippen LogP contribution in [0.15, 0.2) is 52.3 Å². The second kappa shape index (κ2) is 7.48. The Balaban J connectivity index is 1.49. The average Bonchev–Trinajstić information content (AvgIpc) is 3.29. The minimum absolute atomic E-state index is 0.0813. The van der Waals surface area contributed by atoms with Crippen molar-refractivity contribution in [2.24, 2.45) is 0 Å². The van der Waals surface area contributed by atoms with E-state index in [2.05, 4.69) is 16.4 Å². The van der Waals surface area contributed by atoms with Gasteiger partial charge in [0, 0.05) is 10.8 Å². The van der Waals surface area contributed by atoms with Crippen molar-refractivity contribution in [3.05, 3.63) is 64.5 Å². The molecule has 2 aromatic carbocycles. The molecule has 0 aliphatic carbocycles. The monoisotopic (exact) mass is 392 g/mol. The molecule has 0 bridgehead atoms. The van der Waals surface area contributed by atoms with Gasteiger partial charge in [0.2, 0.25) is 5.91 Å². The highest BCUT2D eigenvalue weighted by atomic mass is 32.1. The topological polar surface area (TPSA) is 64.4 Å². The molecule has 0 aliphatic rings. The van der Waals surface area contributed by atoms with Gasteiger partial charge in [0.1, 0.15) is 17.0 Å². The number of hydrogen-bond acceptors (Lipinski definition) is 5. The fourth-order valence-electron chi connectivity index (χ4n) is 3.10. The van der Waals surface area contributed by atoms with Crippen molar-refractivity contribution in [1.29, 1.82) is 0 Å². The molecule has 4 rings (SSSR count). The number of thiazole rings is 1. The van der Waals surface area contributed by atoms with Crippen LogP contribution in [-0.2, 0) is 11.2 Å². The van der Waals surface area contributed by atoms with Gasteiger partial charge in [0.15, 0.2) is 10.9 Å². The van der Waals surface area contributed by atoms with Crippen LogP contribution in [0, 0.1) is 13.8 Å². The Morgan fingerprint density at radius 2 is 2.04 bits per heavy atom. The van der Waals surface area contributed by atoms with Crippen molar-refractivity contribution in [3.8, 4) is 17.2 Å². The van der Waals surface area contributed by atoms with Crippen LogP contribution in [-0.4, -0.2) is 18.0 Å². The summed E-state index contributed by atoms with van der Waals surface area (Å²) >= 11 is 1.38. The maximum Gasteiger partial charge on any atom is 0.230 e. The van der Waals surface area contributed by atoms with Crippen molar-refractivity contribution >= 4 is 33.3 Å². The van der Waals surface area contributed by atoms with E-state index >= 15 is 0 Å². The van der Waals surface area contributed by atoms with E-state index in [1.807, 2.05) is 55.6 Å². The van der Waals surface area contributed by atoms with Crippen LogP contribution in [0.4, 0.5) is 5.13 Å². The molecule has 5 nitrogen and oxygen atoms in total. The minimum Gasteiger partial charge on any atom is -0.497 e. The number of methoxy groups -OCH3 is 1. The largest absolute Gasteiger partial charge is 0.497 e. The summed E-state index contributed by atoms with van der Waals surface area (Å²) in [5.74, 6) is 1.36. The third-order valence-electron chi connectivity index (χ3n) is 4.58. The van der Waals surface area contributed by atoms with Gasteiger partial charge in [-0.2, -0.15) is 0 Å². The summed E-state index contributed by atoms with van der Waals surface area (Å²) in [5.41, 5.74) is 4.79. The maximum absolute atomic E-state index is 12.4. The van der Waals surface area contributed by atoms with Gasteiger partial charge >= 0.3 is 0 Å². The highest BCUT2D eigenvalue weighted by Crippen LogP contribution is 2.32. The maximum atomic E-state index is 12.4. The quantitative estimate of drug-likeness (QED) is 0.496. The number of nitrogens with zero attached hydrogens (tertiary/aromatic N) is 1. The molecule has 0 radical (unpaired) electrons. The number of furan rings is 1. The number of carbonyl (C=O) groups is 1. The zero-order valence-electron chi connectivity index (χ0n) is 15.9. The average molecular weight is 392 g/mol. The van der Waals surface area contributed by atoms with E-state index < -0.39 is 0 Å². The number of rotatable bonds is 5. The number of aryl methyl sites for hydroxylation is 2. The van der Waals surface area contributed by atoms with E-state index in [4.69, 9.17) is 9.15 Å². The number of ether oxygens (including phenoxy) is 1. The molecule has 142 valence electrons. The standard InChI is InChI=1S/C22H20N2O3S/c1-13-4-5-15(14(2)8-13)11-21(25)24-22-23-18(12-28-22)20-10-16-9-17(26-3)6-7-19(16)27-20/h4-10,12H,11H2,1-3H3,(H,23,24,25). The third-order valence-corrected chi connectivity index (χ3v) is 5.33. The molecular formula is C22H20N2O3S. The molecule has 0 unspecified atom stereocenters. The Bertz CT molecular complexity index is 1160. The summed E-state index contributed by atoms with van der Waals surface area (Å²) in [5, 5.41) is 6.26. The van der Waals surface area contributed by atoms with Crippen molar-refractivity contribution in [1.82, 2.24) is 4.98 Å². The van der Waals surface area contributed by atoms with Crippen LogP contribution in [0.5, 0.6) is 5.75 Å². The van der Waals surface area contributed by atoms with Gasteiger partial charge in [-0.1, -0.05) is 23.8 Å². The van der Waals surface area contributed by atoms with Crippen LogP contribution in [0.25, 0.3) is 22.4 Å². The molecule has 0 saturated heterocycles. The third kappa shape index (κ3) is 3.77. The summed E-state index contributed by atoms with van der Waals surface area (Å²) in [4.78, 5) is 16.9. The van der Waals surface area contributed by atoms with E-state index in [1.165, 1.54) is 16.9 Å². The van der Waals surface area contributed by atoms with Crippen LogP contribution in [0.1, 0.15) is 16.7 Å². The fraction of sp³-hybridized carbons (Fsp3) is 0.182. The molecule has 2 aromatic heterocycles. The predicted molar refractivity (Wildman–Crippen MR) is 112 cm³/mol. The Hall–Kier alpha value is -3.12. The summed E-state index contributed by atoms with van der Waals surface area (Å²) in [7, 11) is 1.63. The number of aromatic nitrogens is 1. The highest BCUT2D eigenvalue weighted by molar-refractivity contribution is 7.14. The Labute approximate surface area is 167 Å². The number of amides is 1. The molecule has 1 amide bonds. The van der Waals surface area contributed by atoms with Crippen LogP contribution in [0.2, 0.25) is 0 Å². The molecule has 0 atom stereocenters. The summed E-state index contributed by atoms with van der Waals surface area (Å²) in [6.45, 7) is 4.07. The van der Waals surface area contributed by atoms with Crippen molar-refractivity contribution in [2.75, 3.05) is 12.4 Å². The Kier molecular flexibility index (Phi) is 4.88. The lowest BCUT2D eigenvalue weighted by molar-refractivity contribution is -0.115. The second-order valence-corrected chi connectivity index (χ2v) is 7.57. The minimum atomic E-state index is -0.0813. The summed E-state index contributed by atoms with van der Waals surface area (Å²) in [6.07, 6.45) is 0.325. The smallest absolute Gasteiger partial charge is 0.230 e. The number of fused-ring (bicyclic) bond motifs is 1. The van der Waals surface area contributed by atoms with Crippen molar-refractivity contribution < 1.29 is 13.9 Å². The summed E-state index contributed by atoms with van der Waals surface area (Å²) < 4.78 is 11.1. The van der Waals surface area contributed by atoms with Gasteiger partial charge in [-0.3, -0.25) is 4.79 Å². The molecule has 0 fully saturated rings. The number of carbonyl (C=O) groups excluding carboxylic acids is 1. The Morgan fingerprint density at radius 1 is 1.18 bits per heavy atom. The van der Waals surface area contributed by atoms with E-state index in [0.29, 0.717) is 23.0 Å². The van der Waals surface area contributed by atoms with Gasteiger partial charge in [0.25, 0.3) is 0 Å². The molecule has 6 heteroatoms. The lowest BCUT2D eigenvalue weighted by Crippen LogP contribution is -2.14. The SMILES string of the molecule is COc1ccc2oc(-c3csc(NC(=O)Cc4ccc(C)cc4C)n3)cc2c1. The molecule has 2 heterocycles. The number of anilines is 1. The number of hydrogen-bond donors (Lipinski definition) is 1. The lowest BCUT2D eigenvalue weighted by Gasteiger charge is -2.06. The predicted octanol–water partition coefficient (Wildman–Crippen LogP) is 5.36. The van der Waals surface area contributed by atoms with E-state index in [0.717, 1.165) is 27.8 Å². The Morgan fingerprint density at radius 3 is 2.82 bits per heavy atom. The lowest BCUT2D eigenvalue weighted by atomic mass is 10.0. The van der Waals surface area contributed by atoms with Crippen LogP contribution < -0.4 is 10.1 Å². The zero-order chi connectivity index (χ0) is 19.7. The van der Waals surface area contributed by atoms with Gasteiger partial charge < -0.3 is 14.5 Å². The number of benzene rings is 2. The second-order valence-electron chi connectivity index (χ2n) is 6.71. The molecule has 4 aromatic rings. The molecular weight excluding hydrogens is 372 g/mol. The van der Waals surface area contributed by atoms with Crippen LogP contribution in [0.3, 0.4) is 0 Å².